The van der Waals surface area contributed by atoms with E-state index < -0.39 is 0 Å². The molecule has 0 unspecified atom stereocenters. The van der Waals surface area contributed by atoms with Crippen LogP contribution in [0.2, 0.25) is 27.3 Å². The molecule has 4 aliphatic rings. The van der Waals surface area contributed by atoms with Gasteiger partial charge in [-0.3, -0.25) is 19.2 Å². The van der Waals surface area contributed by atoms with Crippen molar-refractivity contribution in [2.45, 2.75) is 158 Å². The summed E-state index contributed by atoms with van der Waals surface area (Å²) in [6, 6.07) is 77.6. The van der Waals surface area contributed by atoms with Crippen LogP contribution in [0.1, 0.15) is 153 Å². The van der Waals surface area contributed by atoms with Crippen molar-refractivity contribution in [3.8, 4) is 0 Å². The fourth-order valence-electron chi connectivity index (χ4n) is 17.8. The molecular weight excluding hydrogens is 1340 g/mol. The zero-order valence-electron chi connectivity index (χ0n) is 71.5. The fraction of sp³-hybridized carbons (Fsp3) is 0.313. The van der Waals surface area contributed by atoms with Crippen molar-refractivity contribution in [3.05, 3.63) is 287 Å². The van der Waals surface area contributed by atoms with Gasteiger partial charge >= 0.3 is 27.4 Å². The predicted octanol–water partition coefficient (Wildman–Crippen LogP) is 20.0. The first-order valence-electron chi connectivity index (χ1n) is 40.4. The summed E-state index contributed by atoms with van der Waals surface area (Å²) >= 11 is 0. The third-order valence-electron chi connectivity index (χ3n) is 24.1. The van der Waals surface area contributed by atoms with Crippen molar-refractivity contribution in [3.63, 3.8) is 0 Å². The number of hydrogen-bond donors (Lipinski definition) is 0. The molecule has 0 saturated heterocycles. The van der Waals surface area contributed by atoms with E-state index in [0.29, 0.717) is 19.6 Å². The molecule has 0 spiro atoms. The molecule has 0 amide bonds. The Labute approximate surface area is 666 Å². The van der Waals surface area contributed by atoms with Crippen LogP contribution in [0.25, 0.3) is 65.9 Å². The molecule has 111 heavy (non-hydrogen) atoms. The molecule has 4 aromatic heterocycles. The van der Waals surface area contributed by atoms with Crippen LogP contribution >= 0.6 is 0 Å². The van der Waals surface area contributed by atoms with Crippen molar-refractivity contribution >= 4 is 138 Å². The van der Waals surface area contributed by atoms with Crippen LogP contribution in [0, 0.1) is 49.4 Å². The smallest absolute Gasteiger partial charge is 0.293 e. The summed E-state index contributed by atoms with van der Waals surface area (Å²) in [5.74, 6) is 5.40. The van der Waals surface area contributed by atoms with E-state index in [2.05, 4.69) is 455 Å². The lowest BCUT2D eigenvalue weighted by atomic mass is 9.52. The fourth-order valence-corrected chi connectivity index (χ4v) is 17.8. The highest BCUT2D eigenvalue weighted by atomic mass is 15.2. The van der Waals surface area contributed by atoms with E-state index in [0.717, 1.165) is 0 Å². The monoisotopic (exact) mass is 1460 g/mol. The molecule has 0 bridgehead atoms. The number of anilines is 4. The van der Waals surface area contributed by atoms with Gasteiger partial charge in [0.05, 0.1) is 53.0 Å². The largest absolute Gasteiger partial charge is 0.409 e. The Balaban J connectivity index is 0.000000130. The van der Waals surface area contributed by atoms with E-state index in [1.54, 1.807) is 0 Å². The van der Waals surface area contributed by atoms with Gasteiger partial charge in [-0.2, -0.15) is 0 Å². The van der Waals surface area contributed by atoms with E-state index in [-0.39, 0.29) is 35.4 Å². The predicted molar refractivity (Wildman–Crippen MR) is 484 cm³/mol. The highest BCUT2D eigenvalue weighted by molar-refractivity contribution is 6.79. The van der Waals surface area contributed by atoms with Gasteiger partial charge in [0, 0.05) is 68.1 Å². The van der Waals surface area contributed by atoms with Crippen molar-refractivity contribution in [2.75, 3.05) is 19.2 Å². The Morgan fingerprint density at radius 3 is 0.964 bits per heavy atom. The highest BCUT2D eigenvalue weighted by Gasteiger charge is 2.44. The number of hydrogen-bond acceptors (Lipinski definition) is 4. The molecule has 0 atom stereocenters. The molecule has 0 N–H and O–H groups in total. The van der Waals surface area contributed by atoms with Crippen LogP contribution in [-0.4, -0.2) is 27.4 Å². The lowest BCUT2D eigenvalue weighted by Crippen LogP contribution is -2.52. The average Bonchev–Trinajstić information content (AvgIpc) is 0.757. The Hall–Kier alpha value is -10.2. The number of pyridine rings is 4. The van der Waals surface area contributed by atoms with Crippen LogP contribution in [0.15, 0.2) is 237 Å². The van der Waals surface area contributed by atoms with Crippen molar-refractivity contribution in [1.29, 1.82) is 0 Å². The second kappa shape index (κ2) is 30.5. The van der Waals surface area contributed by atoms with E-state index >= 15 is 0 Å². The number of fused-ring (bicyclic) bond motifs is 8. The van der Waals surface area contributed by atoms with Crippen molar-refractivity contribution < 1.29 is 18.3 Å². The maximum atomic E-state index is 2.47. The third kappa shape index (κ3) is 14.9. The van der Waals surface area contributed by atoms with Crippen LogP contribution in [0.5, 0.6) is 0 Å². The van der Waals surface area contributed by atoms with Crippen molar-refractivity contribution in [1.82, 2.24) is 0 Å². The minimum absolute atomic E-state index is 0.0742. The molecule has 0 saturated carbocycles. The molecule has 562 valence electrons. The molecule has 0 aliphatic carbocycles. The molecular formula is C99H118B4N8+4. The van der Waals surface area contributed by atoms with Gasteiger partial charge in [0.2, 0.25) is 0 Å². The summed E-state index contributed by atoms with van der Waals surface area (Å²) in [5, 5.41) is 5.33. The van der Waals surface area contributed by atoms with Gasteiger partial charge in [0.25, 0.3) is 23.3 Å². The van der Waals surface area contributed by atoms with Crippen LogP contribution < -0.4 is 59.4 Å². The number of para-hydroxylation sites is 2. The first-order valence-corrected chi connectivity index (χ1v) is 40.4. The zero-order valence-corrected chi connectivity index (χ0v) is 71.5. The lowest BCUT2D eigenvalue weighted by Gasteiger charge is -2.33. The van der Waals surface area contributed by atoms with Crippen LogP contribution in [0.4, 0.5) is 23.3 Å². The third-order valence-corrected chi connectivity index (χ3v) is 24.1. The molecule has 8 aromatic carbocycles. The van der Waals surface area contributed by atoms with Gasteiger partial charge in [0.1, 0.15) is 22.1 Å². The van der Waals surface area contributed by atoms with Gasteiger partial charge in [-0.1, -0.05) is 255 Å². The Morgan fingerprint density at radius 1 is 0.279 bits per heavy atom. The minimum atomic E-state index is 0.0742. The Bertz CT molecular complexity index is 5720. The van der Waals surface area contributed by atoms with Crippen LogP contribution in [0.3, 0.4) is 0 Å². The van der Waals surface area contributed by atoms with E-state index in [4.69, 9.17) is 0 Å². The quantitative estimate of drug-likeness (QED) is 0.127. The summed E-state index contributed by atoms with van der Waals surface area (Å²) in [5.41, 5.74) is 28.8. The first kappa shape index (κ1) is 78.9. The normalized spacial score (nSPS) is 14.4. The van der Waals surface area contributed by atoms with Crippen LogP contribution in [-0.2, 0) is 28.2 Å². The first-order chi connectivity index (χ1) is 52.5. The number of rotatable bonds is 5. The number of aryl methyl sites for hydroxylation is 8. The molecule has 12 heteroatoms. The maximum absolute atomic E-state index is 2.47. The molecule has 12 aromatic rings. The summed E-state index contributed by atoms with van der Waals surface area (Å²) in [4.78, 5) is 9.81. The Kier molecular flexibility index (Phi) is 21.7. The molecule has 4 aliphatic heterocycles. The highest BCUT2D eigenvalue weighted by Crippen LogP contribution is 2.43. The number of aromatic nitrogens is 4. The van der Waals surface area contributed by atoms with Gasteiger partial charge < -0.3 is 0 Å². The molecule has 8 nitrogen and oxygen atoms in total. The summed E-state index contributed by atoms with van der Waals surface area (Å²) in [6.45, 7) is 51.4. The van der Waals surface area contributed by atoms with Crippen molar-refractivity contribution in [2.24, 2.45) is 49.9 Å². The number of benzene rings is 8. The van der Waals surface area contributed by atoms with Gasteiger partial charge in [-0.15, -0.1) is 0 Å². The second-order valence-electron chi connectivity index (χ2n) is 36.3. The standard InChI is InChI=1S/C26H32BN2.C25H30BN2.2C24H28BN2/c1-18(2)21-16-25(28(7)24-15-11-9-12-19(21)24)29-17-22(26(3,4)5)20-13-8-10-14-23(20)27(29)6;1-17-11-10-14-22-24(17)18(2)15-23(27(22)7)28-16-20(25(3,4)5)19-12-8-9-13-21(19)26(28)6;1-17-15-23(26(6)22-14-10-8-11-18(17)22)27-16-20(24(2,3)4)19-12-7-9-13-21(19)25(27)5;1-17-10-9-13-22-18(17)14-15-23(26(22)6)27-16-20(24(2,3)4)19-11-7-8-12-21(19)25(27)5/h8-18H,1-7H3;8-16H,1-7H3;2*7-16H,1-6H3/q4*+1. The van der Waals surface area contributed by atoms with E-state index in [1.807, 2.05) is 0 Å². The summed E-state index contributed by atoms with van der Waals surface area (Å²) in [7, 11) is 8.73. The average molecular weight is 1460 g/mol. The van der Waals surface area contributed by atoms with Gasteiger partial charge in [-0.05, 0) is 185 Å². The van der Waals surface area contributed by atoms with E-state index in [9.17, 15) is 0 Å². The molecule has 0 fully saturated rings. The minimum Gasteiger partial charge on any atom is -0.293 e. The summed E-state index contributed by atoms with van der Waals surface area (Å²) < 4.78 is 9.34. The SMILES string of the molecule is CB1c2ccccc2C(C(C)(C)C)=CN1c1cc(C(C)C)c2ccccc2[n+]1C.CB1c2ccccc2C(C(C)(C)C)=CN1c1cc(C)c2c(C)cccc2[n+]1C.CB1c2ccccc2C(C(C)(C)C)=CN1c1cc(C)c2ccccc2[n+]1C.CB1c2ccccc2C(C(C)(C)C)=CN1c1ccc2c(C)cccc2[n+]1C. The zero-order chi connectivity index (χ0) is 79.8. The second-order valence-corrected chi connectivity index (χ2v) is 36.3. The number of nitrogens with zero attached hydrogens (tertiary/aromatic N) is 8. The maximum Gasteiger partial charge on any atom is 0.409 e. The van der Waals surface area contributed by atoms with E-state index in [1.165, 1.54) is 161 Å². The molecule has 8 heterocycles. The Morgan fingerprint density at radius 2 is 0.568 bits per heavy atom. The topological polar surface area (TPSA) is 28.5 Å². The summed E-state index contributed by atoms with van der Waals surface area (Å²) in [6.07, 6.45) is 9.51. The lowest BCUT2D eigenvalue weighted by molar-refractivity contribution is -0.631. The van der Waals surface area contributed by atoms with Gasteiger partial charge in [0.15, 0.2) is 0 Å². The number of allylic oxidation sites excluding steroid dienone is 4. The molecule has 16 rings (SSSR count). The van der Waals surface area contributed by atoms with Gasteiger partial charge in [-0.25, -0.2) is 18.3 Å². The molecule has 0 radical (unpaired) electrons.